The molecule has 6 heteroatoms. The zero-order valence-electron chi connectivity index (χ0n) is 11.4. The lowest BCUT2D eigenvalue weighted by molar-refractivity contribution is -0.131. The second-order valence-corrected chi connectivity index (χ2v) is 6.76. The van der Waals surface area contributed by atoms with Gasteiger partial charge in [0, 0.05) is 31.1 Å². The van der Waals surface area contributed by atoms with Crippen LogP contribution in [0.2, 0.25) is 4.34 Å². The molecule has 1 aliphatic rings. The molecule has 0 saturated carbocycles. The molecule has 2 heterocycles. The second kappa shape index (κ2) is 6.70. The van der Waals surface area contributed by atoms with E-state index in [1.54, 1.807) is 4.90 Å². The number of amides is 1. The van der Waals surface area contributed by atoms with Crippen molar-refractivity contribution in [1.29, 1.82) is 0 Å². The first-order chi connectivity index (χ1) is 9.08. The number of hydrogen-bond acceptors (Lipinski definition) is 4. The fourth-order valence-electron chi connectivity index (χ4n) is 2.28. The average Bonchev–Trinajstić information content (AvgIpc) is 2.98. The number of likely N-dealkylation sites (N-methyl/N-ethyl adjacent to an activating group) is 2. The molecular formula is C13H20ClN3OS. The van der Waals surface area contributed by atoms with Gasteiger partial charge in [-0.1, -0.05) is 11.6 Å². The smallest absolute Gasteiger partial charge is 0.236 e. The molecule has 0 radical (unpaired) electrons. The maximum Gasteiger partial charge on any atom is 0.236 e. The summed E-state index contributed by atoms with van der Waals surface area (Å²) < 4.78 is 0.771. The van der Waals surface area contributed by atoms with Crippen molar-refractivity contribution in [2.45, 2.75) is 19.0 Å². The number of nitrogens with zero attached hydrogens (tertiary/aromatic N) is 2. The van der Waals surface area contributed by atoms with Crippen molar-refractivity contribution >= 4 is 28.8 Å². The van der Waals surface area contributed by atoms with Gasteiger partial charge in [-0.25, -0.2) is 0 Å². The SMILES string of the molecule is CNC1CCN(CC(=O)N(C)Cc2ccc(Cl)s2)C1. The molecule has 0 bridgehead atoms. The molecule has 1 aromatic heterocycles. The summed E-state index contributed by atoms with van der Waals surface area (Å²) in [5.41, 5.74) is 0. The van der Waals surface area contributed by atoms with E-state index in [4.69, 9.17) is 11.6 Å². The summed E-state index contributed by atoms with van der Waals surface area (Å²) in [6.07, 6.45) is 1.12. The van der Waals surface area contributed by atoms with Gasteiger partial charge in [-0.15, -0.1) is 11.3 Å². The lowest BCUT2D eigenvalue weighted by Crippen LogP contribution is -2.38. The first kappa shape index (κ1) is 14.8. The van der Waals surface area contributed by atoms with Crippen LogP contribution in [0.3, 0.4) is 0 Å². The van der Waals surface area contributed by atoms with E-state index < -0.39 is 0 Å². The van der Waals surface area contributed by atoms with Gasteiger partial charge in [0.1, 0.15) is 0 Å². The highest BCUT2D eigenvalue weighted by Crippen LogP contribution is 2.22. The van der Waals surface area contributed by atoms with E-state index in [-0.39, 0.29) is 5.91 Å². The molecule has 1 unspecified atom stereocenters. The molecule has 2 rings (SSSR count). The largest absolute Gasteiger partial charge is 0.340 e. The van der Waals surface area contributed by atoms with E-state index in [1.807, 2.05) is 26.2 Å². The number of hydrogen-bond donors (Lipinski definition) is 1. The van der Waals surface area contributed by atoms with Gasteiger partial charge >= 0.3 is 0 Å². The van der Waals surface area contributed by atoms with E-state index in [9.17, 15) is 4.79 Å². The van der Waals surface area contributed by atoms with Crippen LogP contribution in [0, 0.1) is 0 Å². The molecule has 1 fully saturated rings. The van der Waals surface area contributed by atoms with Crippen LogP contribution < -0.4 is 5.32 Å². The Balaban J connectivity index is 1.79. The first-order valence-electron chi connectivity index (χ1n) is 6.46. The molecule has 1 amide bonds. The molecule has 0 spiro atoms. The minimum absolute atomic E-state index is 0.168. The fourth-order valence-corrected chi connectivity index (χ4v) is 3.42. The Morgan fingerprint density at radius 1 is 1.63 bits per heavy atom. The van der Waals surface area contributed by atoms with Crippen LogP contribution in [-0.2, 0) is 11.3 Å². The van der Waals surface area contributed by atoms with Gasteiger partial charge in [0.25, 0.3) is 0 Å². The highest BCUT2D eigenvalue weighted by Gasteiger charge is 2.23. The maximum absolute atomic E-state index is 12.1. The third-order valence-electron chi connectivity index (χ3n) is 3.49. The number of halogens is 1. The van der Waals surface area contributed by atoms with Crippen molar-refractivity contribution in [3.8, 4) is 0 Å². The van der Waals surface area contributed by atoms with Crippen LogP contribution in [0.25, 0.3) is 0 Å². The van der Waals surface area contributed by atoms with Gasteiger partial charge in [-0.2, -0.15) is 0 Å². The maximum atomic E-state index is 12.1. The van der Waals surface area contributed by atoms with Crippen LogP contribution in [0.4, 0.5) is 0 Å². The second-order valence-electron chi connectivity index (χ2n) is 4.97. The molecule has 106 valence electrons. The quantitative estimate of drug-likeness (QED) is 0.898. The van der Waals surface area contributed by atoms with Gasteiger partial charge in [-0.05, 0) is 25.6 Å². The number of likely N-dealkylation sites (tertiary alicyclic amines) is 1. The summed E-state index contributed by atoms with van der Waals surface area (Å²) in [6.45, 7) is 3.10. The Bertz CT molecular complexity index is 437. The summed E-state index contributed by atoms with van der Waals surface area (Å²) in [5.74, 6) is 0.168. The zero-order valence-corrected chi connectivity index (χ0v) is 12.9. The average molecular weight is 302 g/mol. The predicted octanol–water partition coefficient (Wildman–Crippen LogP) is 1.65. The Morgan fingerprint density at radius 2 is 2.42 bits per heavy atom. The third-order valence-corrected chi connectivity index (χ3v) is 4.70. The van der Waals surface area contributed by atoms with Gasteiger partial charge in [0.2, 0.25) is 5.91 Å². The summed E-state index contributed by atoms with van der Waals surface area (Å²) in [6, 6.07) is 4.37. The van der Waals surface area contributed by atoms with Crippen molar-refractivity contribution in [3.63, 3.8) is 0 Å². The van der Waals surface area contributed by atoms with Crippen molar-refractivity contribution in [2.75, 3.05) is 33.7 Å². The number of nitrogens with one attached hydrogen (secondary N) is 1. The number of rotatable bonds is 5. The Kier molecular flexibility index (Phi) is 5.21. The van der Waals surface area contributed by atoms with Gasteiger partial charge in [0.05, 0.1) is 17.4 Å². The van der Waals surface area contributed by atoms with Crippen LogP contribution >= 0.6 is 22.9 Å². The highest BCUT2D eigenvalue weighted by molar-refractivity contribution is 7.16. The van der Waals surface area contributed by atoms with Crippen molar-refractivity contribution in [2.24, 2.45) is 0 Å². The molecule has 4 nitrogen and oxygen atoms in total. The summed E-state index contributed by atoms with van der Waals surface area (Å²) in [4.78, 5) is 17.2. The molecule has 1 aliphatic heterocycles. The number of carbonyl (C=O) groups is 1. The highest BCUT2D eigenvalue weighted by atomic mass is 35.5. The van der Waals surface area contributed by atoms with Gasteiger partial charge < -0.3 is 10.2 Å². The lowest BCUT2D eigenvalue weighted by atomic mass is 10.3. The van der Waals surface area contributed by atoms with Crippen molar-refractivity contribution in [1.82, 2.24) is 15.1 Å². The lowest BCUT2D eigenvalue weighted by Gasteiger charge is -2.21. The normalized spacial score (nSPS) is 19.8. The minimum atomic E-state index is 0.168. The monoisotopic (exact) mass is 301 g/mol. The molecule has 1 aromatic rings. The van der Waals surface area contributed by atoms with Crippen LogP contribution in [0.1, 0.15) is 11.3 Å². The number of carbonyl (C=O) groups excluding carboxylic acids is 1. The predicted molar refractivity (Wildman–Crippen MR) is 79.7 cm³/mol. The van der Waals surface area contributed by atoms with Crippen LogP contribution in [0.15, 0.2) is 12.1 Å². The number of thiophene rings is 1. The topological polar surface area (TPSA) is 35.6 Å². The van der Waals surface area contributed by atoms with E-state index in [2.05, 4.69) is 10.2 Å². The van der Waals surface area contributed by atoms with Crippen LogP contribution in [0.5, 0.6) is 0 Å². The molecule has 1 N–H and O–H groups in total. The summed E-state index contributed by atoms with van der Waals surface area (Å²) in [7, 11) is 3.82. The first-order valence-corrected chi connectivity index (χ1v) is 7.65. The molecule has 19 heavy (non-hydrogen) atoms. The minimum Gasteiger partial charge on any atom is -0.340 e. The Morgan fingerprint density at radius 3 is 3.00 bits per heavy atom. The summed E-state index contributed by atoms with van der Waals surface area (Å²) in [5, 5.41) is 3.26. The fraction of sp³-hybridized carbons (Fsp3) is 0.615. The van der Waals surface area contributed by atoms with Crippen molar-refractivity contribution in [3.05, 3.63) is 21.3 Å². The van der Waals surface area contributed by atoms with Crippen LogP contribution in [-0.4, -0.2) is 55.5 Å². The molecule has 1 atom stereocenters. The Hall–Kier alpha value is -0.620. The Labute approximate surface area is 123 Å². The van der Waals surface area contributed by atoms with E-state index in [0.29, 0.717) is 19.1 Å². The van der Waals surface area contributed by atoms with E-state index >= 15 is 0 Å². The summed E-state index contributed by atoms with van der Waals surface area (Å²) >= 11 is 7.42. The van der Waals surface area contributed by atoms with E-state index in [1.165, 1.54) is 11.3 Å². The molecule has 1 saturated heterocycles. The molecular weight excluding hydrogens is 282 g/mol. The molecule has 0 aliphatic carbocycles. The zero-order chi connectivity index (χ0) is 13.8. The van der Waals surface area contributed by atoms with Gasteiger partial charge in [-0.3, -0.25) is 9.69 Å². The standard InChI is InChI=1S/C13H20ClN3OS/c1-15-10-5-6-17(7-10)9-13(18)16(2)8-11-3-4-12(14)19-11/h3-4,10,15H,5-9H2,1-2H3. The van der Waals surface area contributed by atoms with Crippen molar-refractivity contribution < 1.29 is 4.79 Å². The third kappa shape index (κ3) is 4.18. The van der Waals surface area contributed by atoms with Gasteiger partial charge in [0.15, 0.2) is 0 Å². The molecule has 0 aromatic carbocycles. The van der Waals surface area contributed by atoms with E-state index in [0.717, 1.165) is 28.7 Å².